The second-order valence-electron chi connectivity index (χ2n) is 5.49. The summed E-state index contributed by atoms with van der Waals surface area (Å²) in [7, 11) is 0. The number of carbonyl (C=O) groups excluding carboxylic acids is 2. The van der Waals surface area contributed by atoms with Crippen LogP contribution in [0.2, 0.25) is 0 Å². The number of rotatable bonds is 14. The fraction of sp³-hybridized carbons (Fsp3) is 0.812. The zero-order valence-electron chi connectivity index (χ0n) is 13.1. The van der Waals surface area contributed by atoms with Crippen molar-refractivity contribution in [2.75, 3.05) is 0 Å². The molecule has 122 valence electrons. The Labute approximate surface area is 127 Å². The average Bonchev–Trinajstić information content (AvgIpc) is 2.44. The minimum atomic E-state index is -1.09. The van der Waals surface area contributed by atoms with Gasteiger partial charge in [0.15, 0.2) is 0 Å². The van der Waals surface area contributed by atoms with Gasteiger partial charge in [-0.2, -0.15) is 0 Å². The molecule has 0 aliphatic heterocycles. The predicted molar refractivity (Wildman–Crippen MR) is 82.1 cm³/mol. The maximum Gasteiger partial charge on any atom is 0.305 e. The van der Waals surface area contributed by atoms with Crippen LogP contribution in [-0.2, 0) is 14.4 Å². The van der Waals surface area contributed by atoms with E-state index in [1.54, 1.807) is 0 Å². The summed E-state index contributed by atoms with van der Waals surface area (Å²) in [5.74, 6) is -1.33. The van der Waals surface area contributed by atoms with Crippen molar-refractivity contribution in [1.82, 2.24) is 5.32 Å². The highest BCUT2D eigenvalue weighted by Gasteiger charge is 2.14. The minimum Gasteiger partial charge on any atom is -0.481 e. The lowest BCUT2D eigenvalue weighted by Gasteiger charge is -2.10. The first-order valence-electron chi connectivity index (χ1n) is 8.06. The standard InChI is InChI=1S/C16H29NO4/c1-2-3-4-5-6-7-8-9-10-11-15(19)17-14(13-18)12-16(20)21/h13-14H,2-12H2,1H3,(H,17,19)(H,20,21)/t14-/m1/s1. The zero-order valence-corrected chi connectivity index (χ0v) is 13.1. The molecule has 1 atom stereocenters. The van der Waals surface area contributed by atoms with Gasteiger partial charge in [0, 0.05) is 6.42 Å². The first-order chi connectivity index (χ1) is 10.1. The van der Waals surface area contributed by atoms with Crippen LogP contribution in [0.3, 0.4) is 0 Å². The molecular formula is C16H29NO4. The fourth-order valence-electron chi connectivity index (χ4n) is 2.20. The molecule has 0 saturated carbocycles. The molecule has 1 amide bonds. The summed E-state index contributed by atoms with van der Waals surface area (Å²) < 4.78 is 0. The Morgan fingerprint density at radius 1 is 1.00 bits per heavy atom. The van der Waals surface area contributed by atoms with Gasteiger partial charge in [-0.3, -0.25) is 9.59 Å². The summed E-state index contributed by atoms with van der Waals surface area (Å²) in [6.07, 6.45) is 11.1. The summed E-state index contributed by atoms with van der Waals surface area (Å²) in [6.45, 7) is 2.21. The molecule has 0 aliphatic rings. The number of aliphatic carboxylic acids is 1. The number of aldehydes is 1. The van der Waals surface area contributed by atoms with Crippen LogP contribution in [0.1, 0.15) is 77.6 Å². The van der Waals surface area contributed by atoms with Crippen LogP contribution < -0.4 is 5.32 Å². The lowest BCUT2D eigenvalue weighted by atomic mass is 10.1. The van der Waals surface area contributed by atoms with Gasteiger partial charge >= 0.3 is 5.97 Å². The predicted octanol–water partition coefficient (Wildman–Crippen LogP) is 3.07. The van der Waals surface area contributed by atoms with Gasteiger partial charge < -0.3 is 15.2 Å². The Morgan fingerprint density at radius 2 is 1.52 bits per heavy atom. The Hall–Kier alpha value is -1.39. The molecule has 5 heteroatoms. The molecule has 21 heavy (non-hydrogen) atoms. The third kappa shape index (κ3) is 13.4. The summed E-state index contributed by atoms with van der Waals surface area (Å²) in [6, 6.07) is -0.909. The third-order valence-corrected chi connectivity index (χ3v) is 3.41. The Balaban J connectivity index is 3.48. The highest BCUT2D eigenvalue weighted by atomic mass is 16.4. The SMILES string of the molecule is CCCCCCCCCCCC(=O)N[C@@H](C=O)CC(=O)O. The maximum atomic E-state index is 11.5. The van der Waals surface area contributed by atoms with Crippen molar-refractivity contribution >= 4 is 18.2 Å². The van der Waals surface area contributed by atoms with Crippen molar-refractivity contribution in [3.63, 3.8) is 0 Å². The second kappa shape index (κ2) is 13.6. The second-order valence-corrected chi connectivity index (χ2v) is 5.49. The first kappa shape index (κ1) is 19.6. The van der Waals surface area contributed by atoms with Crippen molar-refractivity contribution in [2.45, 2.75) is 83.6 Å². The van der Waals surface area contributed by atoms with Gasteiger partial charge in [0.1, 0.15) is 6.29 Å². The van der Waals surface area contributed by atoms with Crippen LogP contribution in [-0.4, -0.2) is 29.3 Å². The summed E-state index contributed by atoms with van der Waals surface area (Å²) in [5.41, 5.74) is 0. The molecule has 0 heterocycles. The largest absolute Gasteiger partial charge is 0.481 e. The van der Waals surface area contributed by atoms with Gasteiger partial charge in [-0.1, -0.05) is 58.3 Å². The number of amides is 1. The molecule has 5 nitrogen and oxygen atoms in total. The van der Waals surface area contributed by atoms with Gasteiger partial charge in [0.25, 0.3) is 0 Å². The van der Waals surface area contributed by atoms with E-state index in [0.717, 1.165) is 19.3 Å². The molecule has 0 spiro atoms. The minimum absolute atomic E-state index is 0.240. The van der Waals surface area contributed by atoms with Crippen LogP contribution in [0.4, 0.5) is 0 Å². The molecule has 0 radical (unpaired) electrons. The molecule has 0 saturated heterocycles. The molecule has 0 bridgehead atoms. The van der Waals surface area contributed by atoms with Crippen LogP contribution in [0.25, 0.3) is 0 Å². The topological polar surface area (TPSA) is 83.5 Å². The first-order valence-corrected chi connectivity index (χ1v) is 8.06. The highest BCUT2D eigenvalue weighted by molar-refractivity contribution is 5.82. The molecule has 0 unspecified atom stereocenters. The quantitative estimate of drug-likeness (QED) is 0.381. The van der Waals surface area contributed by atoms with Crippen molar-refractivity contribution in [3.05, 3.63) is 0 Å². The van der Waals surface area contributed by atoms with Gasteiger partial charge in [0.05, 0.1) is 12.5 Å². The Bertz CT molecular complexity index is 305. The molecule has 0 fully saturated rings. The Morgan fingerprint density at radius 3 is 2.00 bits per heavy atom. The van der Waals surface area contributed by atoms with E-state index in [4.69, 9.17) is 5.11 Å². The maximum absolute atomic E-state index is 11.5. The smallest absolute Gasteiger partial charge is 0.305 e. The van der Waals surface area contributed by atoms with E-state index in [1.165, 1.54) is 38.5 Å². The molecular weight excluding hydrogens is 270 g/mol. The number of hydrogen-bond acceptors (Lipinski definition) is 3. The van der Waals surface area contributed by atoms with Crippen LogP contribution in [0.5, 0.6) is 0 Å². The molecule has 0 aromatic rings. The number of nitrogens with one attached hydrogen (secondary N) is 1. The fourth-order valence-corrected chi connectivity index (χ4v) is 2.20. The van der Waals surface area contributed by atoms with Crippen LogP contribution in [0, 0.1) is 0 Å². The average molecular weight is 299 g/mol. The summed E-state index contributed by atoms with van der Waals surface area (Å²) >= 11 is 0. The number of carbonyl (C=O) groups is 3. The van der Waals surface area contributed by atoms with E-state index in [0.29, 0.717) is 12.7 Å². The van der Waals surface area contributed by atoms with Crippen molar-refractivity contribution in [2.24, 2.45) is 0 Å². The van der Waals surface area contributed by atoms with Crippen LogP contribution in [0.15, 0.2) is 0 Å². The van der Waals surface area contributed by atoms with E-state index < -0.39 is 12.0 Å². The normalized spacial score (nSPS) is 11.9. The van der Waals surface area contributed by atoms with E-state index in [9.17, 15) is 14.4 Å². The number of unbranched alkanes of at least 4 members (excludes halogenated alkanes) is 8. The van der Waals surface area contributed by atoms with E-state index in [1.807, 2.05) is 0 Å². The highest BCUT2D eigenvalue weighted by Crippen LogP contribution is 2.10. The van der Waals surface area contributed by atoms with Gasteiger partial charge in [-0.05, 0) is 6.42 Å². The Kier molecular flexibility index (Phi) is 12.7. The van der Waals surface area contributed by atoms with Gasteiger partial charge in [-0.25, -0.2) is 0 Å². The van der Waals surface area contributed by atoms with E-state index in [-0.39, 0.29) is 12.3 Å². The van der Waals surface area contributed by atoms with Crippen LogP contribution >= 0.6 is 0 Å². The number of hydrogen-bond donors (Lipinski definition) is 2. The van der Waals surface area contributed by atoms with Gasteiger partial charge in [0.2, 0.25) is 5.91 Å². The van der Waals surface area contributed by atoms with Crippen molar-refractivity contribution in [1.29, 1.82) is 0 Å². The summed E-state index contributed by atoms with van der Waals surface area (Å²) in [5, 5.41) is 11.0. The lowest BCUT2D eigenvalue weighted by molar-refractivity contribution is -0.138. The van der Waals surface area contributed by atoms with E-state index >= 15 is 0 Å². The lowest BCUT2D eigenvalue weighted by Crippen LogP contribution is -2.37. The van der Waals surface area contributed by atoms with Crippen molar-refractivity contribution < 1.29 is 19.5 Å². The molecule has 0 aliphatic carbocycles. The number of carboxylic acids is 1. The van der Waals surface area contributed by atoms with Crippen molar-refractivity contribution in [3.8, 4) is 0 Å². The monoisotopic (exact) mass is 299 g/mol. The molecule has 2 N–H and O–H groups in total. The zero-order chi connectivity index (χ0) is 15.9. The molecule has 0 aromatic carbocycles. The molecule has 0 rings (SSSR count). The third-order valence-electron chi connectivity index (χ3n) is 3.41. The van der Waals surface area contributed by atoms with Gasteiger partial charge in [-0.15, -0.1) is 0 Å². The van der Waals surface area contributed by atoms with E-state index in [2.05, 4.69) is 12.2 Å². The summed E-state index contributed by atoms with van der Waals surface area (Å²) in [4.78, 5) is 32.6. The molecule has 0 aromatic heterocycles. The number of carboxylic acid groups (broad SMARTS) is 1.